The lowest BCUT2D eigenvalue weighted by Gasteiger charge is -2.27. The predicted octanol–water partition coefficient (Wildman–Crippen LogP) is -0.256. The number of aliphatic hydroxyl groups is 1. The highest BCUT2D eigenvalue weighted by Crippen LogP contribution is 2.19. The fraction of sp³-hybridized carbons (Fsp3) is 0.424. The lowest BCUT2D eigenvalue weighted by atomic mass is 10.0. The molecule has 4 amide bonds. The number of rotatable bonds is 19. The summed E-state index contributed by atoms with van der Waals surface area (Å²) in [7, 11) is 0. The van der Waals surface area contributed by atoms with E-state index in [4.69, 9.17) is 11.5 Å². The number of fused-ring (bicyclic) bond motifs is 1. The monoisotopic (exact) mass is 683 g/mol. The van der Waals surface area contributed by atoms with Crippen molar-refractivity contribution in [1.29, 1.82) is 0 Å². The number of carboxylic acid groups (broad SMARTS) is 1. The van der Waals surface area contributed by atoms with Crippen molar-refractivity contribution in [2.24, 2.45) is 11.5 Å². The summed E-state index contributed by atoms with van der Waals surface area (Å²) in [5, 5.41) is 30.9. The molecule has 1 aromatic heterocycles. The molecular weight excluding hydrogens is 638 g/mol. The molecule has 0 saturated carbocycles. The number of hydrogen-bond acceptors (Lipinski definition) is 9. The molecule has 3 aromatic rings. The van der Waals surface area contributed by atoms with E-state index in [0.717, 1.165) is 16.5 Å². The second kappa shape index (κ2) is 18.8. The Morgan fingerprint density at radius 1 is 0.812 bits per heavy atom. The summed E-state index contributed by atoms with van der Waals surface area (Å²) in [5.74, 6) is -4.51. The number of para-hydroxylation sites is 1. The average Bonchev–Trinajstić information content (AvgIpc) is 3.47. The standard InChI is InChI=1S/C33H45N7O7S/c1-19(41)28(32(45)38-26(15-20-9-3-2-4-10-20)31(44)39-27(18-48)33(46)47)40-30(43)25(13-7-8-14-34)37-29(42)23(35)16-21-17-36-24-12-6-5-11-22(21)24/h2-6,9-12,17,19,23,25-28,36,41,48H,7-8,13-16,18,34-35H2,1H3,(H,37,42)(H,38,45)(H,39,44)(H,40,43)(H,46,47)/t19-,23-,25+,26+,27+,28+/m1/s1. The van der Waals surface area contributed by atoms with E-state index in [9.17, 15) is 34.2 Å². The van der Waals surface area contributed by atoms with Crippen LogP contribution in [-0.4, -0.2) is 93.4 Å². The van der Waals surface area contributed by atoms with E-state index in [1.165, 1.54) is 6.92 Å². The van der Waals surface area contributed by atoms with Gasteiger partial charge in [0.25, 0.3) is 0 Å². The molecule has 260 valence electrons. The molecule has 0 aliphatic heterocycles. The van der Waals surface area contributed by atoms with Crippen LogP contribution in [0.4, 0.5) is 0 Å². The number of thiol groups is 1. The number of nitrogens with one attached hydrogen (secondary N) is 5. The molecule has 0 unspecified atom stereocenters. The van der Waals surface area contributed by atoms with Gasteiger partial charge in [-0.3, -0.25) is 19.2 Å². The summed E-state index contributed by atoms with van der Waals surface area (Å²) in [6, 6.07) is 10.1. The maximum atomic E-state index is 13.5. The second-order valence-corrected chi connectivity index (χ2v) is 11.9. The van der Waals surface area contributed by atoms with Crippen LogP contribution < -0.4 is 32.7 Å². The maximum Gasteiger partial charge on any atom is 0.327 e. The first-order chi connectivity index (χ1) is 22.9. The molecule has 14 nitrogen and oxygen atoms in total. The zero-order valence-electron chi connectivity index (χ0n) is 26.7. The molecule has 6 atom stereocenters. The van der Waals surface area contributed by atoms with E-state index in [1.54, 1.807) is 36.5 Å². The molecule has 0 aliphatic carbocycles. The number of aromatic amines is 1. The number of unbranched alkanes of at least 4 members (excludes halogenated alkanes) is 1. The number of aliphatic carboxylic acids is 1. The van der Waals surface area contributed by atoms with Crippen LogP contribution >= 0.6 is 12.6 Å². The number of nitrogens with two attached hydrogens (primary N) is 2. The molecule has 1 heterocycles. The SMILES string of the molecule is C[C@@H](O)[C@H](NC(=O)[C@H](CCCCN)NC(=O)[C@H](N)Cc1c[nH]c2ccccc12)C(=O)N[C@@H](Cc1ccccc1)C(=O)N[C@@H](CS)C(=O)O. The molecule has 3 rings (SSSR count). The minimum Gasteiger partial charge on any atom is -0.480 e. The van der Waals surface area contributed by atoms with Gasteiger partial charge in [0.15, 0.2) is 0 Å². The Morgan fingerprint density at radius 3 is 2.08 bits per heavy atom. The van der Waals surface area contributed by atoms with E-state index in [1.807, 2.05) is 24.3 Å². The molecule has 15 heteroatoms. The van der Waals surface area contributed by atoms with Gasteiger partial charge in [0, 0.05) is 29.3 Å². The highest BCUT2D eigenvalue weighted by atomic mass is 32.1. The first-order valence-corrected chi connectivity index (χ1v) is 16.4. The van der Waals surface area contributed by atoms with Crippen LogP contribution in [0.5, 0.6) is 0 Å². The van der Waals surface area contributed by atoms with Crippen molar-refractivity contribution in [3.8, 4) is 0 Å². The molecule has 0 aliphatic rings. The number of aromatic nitrogens is 1. The number of aliphatic hydroxyl groups excluding tert-OH is 1. The molecule has 48 heavy (non-hydrogen) atoms. The van der Waals surface area contributed by atoms with Crippen LogP contribution in [0, 0.1) is 0 Å². The average molecular weight is 684 g/mol. The first-order valence-electron chi connectivity index (χ1n) is 15.7. The lowest BCUT2D eigenvalue weighted by molar-refractivity contribution is -0.141. The van der Waals surface area contributed by atoms with Gasteiger partial charge in [-0.2, -0.15) is 12.6 Å². The van der Waals surface area contributed by atoms with Crippen LogP contribution in [-0.2, 0) is 36.8 Å². The molecule has 0 bridgehead atoms. The van der Waals surface area contributed by atoms with Gasteiger partial charge in [0.2, 0.25) is 23.6 Å². The van der Waals surface area contributed by atoms with E-state index >= 15 is 0 Å². The molecule has 0 spiro atoms. The van der Waals surface area contributed by atoms with E-state index in [0.29, 0.717) is 24.9 Å². The second-order valence-electron chi connectivity index (χ2n) is 11.6. The summed E-state index contributed by atoms with van der Waals surface area (Å²) >= 11 is 3.98. The number of carboxylic acids is 1. The summed E-state index contributed by atoms with van der Waals surface area (Å²) in [6.07, 6.45) is 1.79. The van der Waals surface area contributed by atoms with Gasteiger partial charge in [0.05, 0.1) is 12.1 Å². The summed E-state index contributed by atoms with van der Waals surface area (Å²) < 4.78 is 0. The summed E-state index contributed by atoms with van der Waals surface area (Å²) in [5.41, 5.74) is 14.3. The third kappa shape index (κ3) is 11.1. The predicted molar refractivity (Wildman–Crippen MR) is 184 cm³/mol. The fourth-order valence-electron chi connectivity index (χ4n) is 5.11. The molecule has 2 aromatic carbocycles. The van der Waals surface area contributed by atoms with Crippen molar-refractivity contribution < 1.29 is 34.2 Å². The summed E-state index contributed by atoms with van der Waals surface area (Å²) in [4.78, 5) is 68.0. The Bertz CT molecular complexity index is 1530. The topological polar surface area (TPSA) is 242 Å². The molecule has 0 fully saturated rings. The number of H-pyrrole nitrogens is 1. The van der Waals surface area contributed by atoms with E-state index in [2.05, 4.69) is 38.9 Å². The van der Waals surface area contributed by atoms with Crippen molar-refractivity contribution in [1.82, 2.24) is 26.3 Å². The van der Waals surface area contributed by atoms with Gasteiger partial charge in [-0.15, -0.1) is 0 Å². The van der Waals surface area contributed by atoms with Crippen LogP contribution in [0.3, 0.4) is 0 Å². The van der Waals surface area contributed by atoms with Crippen molar-refractivity contribution >= 4 is 53.1 Å². The normalized spacial score (nSPS) is 14.9. The van der Waals surface area contributed by atoms with Gasteiger partial charge >= 0.3 is 5.97 Å². The van der Waals surface area contributed by atoms with E-state index < -0.39 is 65.9 Å². The Balaban J connectivity index is 1.74. The van der Waals surface area contributed by atoms with Crippen LogP contribution in [0.15, 0.2) is 60.8 Å². The largest absolute Gasteiger partial charge is 0.480 e. The number of amides is 4. The zero-order chi connectivity index (χ0) is 35.2. The van der Waals surface area contributed by atoms with Crippen LogP contribution in [0.25, 0.3) is 10.9 Å². The van der Waals surface area contributed by atoms with Gasteiger partial charge in [-0.1, -0.05) is 48.5 Å². The fourth-order valence-corrected chi connectivity index (χ4v) is 5.36. The van der Waals surface area contributed by atoms with Crippen molar-refractivity contribution in [3.05, 3.63) is 71.9 Å². The number of carbonyl (C=O) groups is 5. The van der Waals surface area contributed by atoms with Crippen LogP contribution in [0.1, 0.15) is 37.3 Å². The third-order valence-corrected chi connectivity index (χ3v) is 8.17. The maximum absolute atomic E-state index is 13.5. The van der Waals surface area contributed by atoms with Gasteiger partial charge < -0.3 is 47.9 Å². The summed E-state index contributed by atoms with van der Waals surface area (Å²) in [6.45, 7) is 1.65. The molecular formula is C33H45N7O7S. The Morgan fingerprint density at radius 2 is 1.44 bits per heavy atom. The smallest absolute Gasteiger partial charge is 0.327 e. The Kier molecular flexibility index (Phi) is 14.9. The van der Waals surface area contributed by atoms with Crippen molar-refractivity contribution in [2.75, 3.05) is 12.3 Å². The van der Waals surface area contributed by atoms with Gasteiger partial charge in [-0.25, -0.2) is 4.79 Å². The molecule has 11 N–H and O–H groups in total. The number of benzene rings is 2. The highest BCUT2D eigenvalue weighted by molar-refractivity contribution is 7.80. The minimum atomic E-state index is -1.53. The van der Waals surface area contributed by atoms with Crippen molar-refractivity contribution in [2.45, 2.75) is 75.3 Å². The van der Waals surface area contributed by atoms with Gasteiger partial charge in [0.1, 0.15) is 24.2 Å². The van der Waals surface area contributed by atoms with Gasteiger partial charge in [-0.05, 0) is 56.3 Å². The first kappa shape index (κ1) is 38.0. The lowest BCUT2D eigenvalue weighted by Crippen LogP contribution is -2.61. The Labute approximate surface area is 284 Å². The molecule has 0 radical (unpaired) electrons. The number of carbonyl (C=O) groups excluding carboxylic acids is 4. The highest BCUT2D eigenvalue weighted by Gasteiger charge is 2.33. The minimum absolute atomic E-state index is 0.0100. The Hall–Kier alpha value is -4.44. The van der Waals surface area contributed by atoms with E-state index in [-0.39, 0.29) is 25.0 Å². The van der Waals surface area contributed by atoms with Crippen LogP contribution in [0.2, 0.25) is 0 Å². The van der Waals surface area contributed by atoms with Crippen molar-refractivity contribution in [3.63, 3.8) is 0 Å². The zero-order valence-corrected chi connectivity index (χ0v) is 27.6. The third-order valence-electron chi connectivity index (χ3n) is 7.81. The number of hydrogen-bond donors (Lipinski definition) is 10. The molecule has 0 saturated heterocycles. The quantitative estimate of drug-likeness (QED) is 0.0591.